The van der Waals surface area contributed by atoms with E-state index in [0.717, 1.165) is 4.57 Å². The number of nitrogens with zero attached hydrogens (tertiary/aromatic N) is 3. The second kappa shape index (κ2) is 4.86. The summed E-state index contributed by atoms with van der Waals surface area (Å²) in [5.74, 6) is 0.284. The van der Waals surface area contributed by atoms with Crippen LogP contribution in [0.1, 0.15) is 20.8 Å². The fraction of sp³-hybridized carbons (Fsp3) is 0.500. The van der Waals surface area contributed by atoms with Crippen molar-refractivity contribution < 1.29 is 9.53 Å². The summed E-state index contributed by atoms with van der Waals surface area (Å²) in [5, 5.41) is 2.43. The molecule has 0 aliphatic rings. The number of aromatic nitrogens is 2. The molecule has 0 saturated carbocycles. The highest BCUT2D eigenvalue weighted by molar-refractivity contribution is 5.80. The molecule has 0 aliphatic heterocycles. The fourth-order valence-electron chi connectivity index (χ4n) is 0.949. The zero-order chi connectivity index (χ0) is 13.1. The van der Waals surface area contributed by atoms with Gasteiger partial charge in [-0.25, -0.2) is 9.36 Å². The standard InChI is InChI=1S/C10H17N5O2/c1-10(2,3)14-6-17-8-7(11)15(5-13-8)9(16)12-4/h5-6H,11H2,1-4H3,(H,12,16). The lowest BCUT2D eigenvalue weighted by Crippen LogP contribution is -2.25. The van der Waals surface area contributed by atoms with E-state index >= 15 is 0 Å². The minimum Gasteiger partial charge on any atom is -0.424 e. The molecule has 1 amide bonds. The average molecular weight is 239 g/mol. The molecule has 0 radical (unpaired) electrons. The zero-order valence-electron chi connectivity index (χ0n) is 10.4. The summed E-state index contributed by atoms with van der Waals surface area (Å²) in [6.45, 7) is 5.79. The molecule has 0 bridgehead atoms. The van der Waals surface area contributed by atoms with E-state index in [-0.39, 0.29) is 23.3 Å². The second-order valence-electron chi connectivity index (χ2n) is 4.38. The van der Waals surface area contributed by atoms with Gasteiger partial charge in [0.25, 0.3) is 5.88 Å². The van der Waals surface area contributed by atoms with Crippen LogP contribution in [0.3, 0.4) is 0 Å². The van der Waals surface area contributed by atoms with E-state index in [1.54, 1.807) is 0 Å². The summed E-state index contributed by atoms with van der Waals surface area (Å²) >= 11 is 0. The van der Waals surface area contributed by atoms with Gasteiger partial charge in [0.05, 0.1) is 5.54 Å². The Bertz CT molecular complexity index is 430. The number of carbonyl (C=O) groups is 1. The molecule has 7 heteroatoms. The van der Waals surface area contributed by atoms with Crippen LogP contribution in [0, 0.1) is 0 Å². The second-order valence-corrected chi connectivity index (χ2v) is 4.38. The Morgan fingerprint density at radius 3 is 2.82 bits per heavy atom. The molecule has 1 rings (SSSR count). The van der Waals surface area contributed by atoms with Gasteiger partial charge in [-0.05, 0) is 20.8 Å². The lowest BCUT2D eigenvalue weighted by molar-refractivity contribution is 0.244. The van der Waals surface area contributed by atoms with Gasteiger partial charge in [0, 0.05) is 7.05 Å². The van der Waals surface area contributed by atoms with Gasteiger partial charge in [0.1, 0.15) is 6.33 Å². The molecule has 0 aliphatic carbocycles. The molecule has 3 N–H and O–H groups in total. The van der Waals surface area contributed by atoms with Crippen LogP contribution in [0.25, 0.3) is 0 Å². The van der Waals surface area contributed by atoms with E-state index in [4.69, 9.17) is 10.5 Å². The number of rotatable bonds is 2. The number of hydrogen-bond donors (Lipinski definition) is 2. The molecule has 94 valence electrons. The van der Waals surface area contributed by atoms with E-state index in [0.29, 0.717) is 0 Å². The molecule has 0 unspecified atom stereocenters. The molecule has 0 saturated heterocycles. The van der Waals surface area contributed by atoms with E-state index in [9.17, 15) is 4.79 Å². The topological polar surface area (TPSA) is 94.5 Å². The molecule has 7 nitrogen and oxygen atoms in total. The van der Waals surface area contributed by atoms with E-state index in [1.807, 2.05) is 20.8 Å². The van der Waals surface area contributed by atoms with Crippen molar-refractivity contribution in [3.05, 3.63) is 6.33 Å². The van der Waals surface area contributed by atoms with E-state index in [2.05, 4.69) is 15.3 Å². The summed E-state index contributed by atoms with van der Waals surface area (Å²) in [7, 11) is 1.50. The van der Waals surface area contributed by atoms with Crippen LogP contribution in [-0.4, -0.2) is 34.6 Å². The summed E-state index contributed by atoms with van der Waals surface area (Å²) in [5.41, 5.74) is 5.44. The predicted molar refractivity (Wildman–Crippen MR) is 65.4 cm³/mol. The highest BCUT2D eigenvalue weighted by Crippen LogP contribution is 2.17. The molecule has 0 atom stereocenters. The molecular formula is C10H17N5O2. The molecule has 17 heavy (non-hydrogen) atoms. The number of carbonyl (C=O) groups excluding carboxylic acids is 1. The largest absolute Gasteiger partial charge is 0.424 e. The summed E-state index contributed by atoms with van der Waals surface area (Å²) < 4.78 is 6.31. The first kappa shape index (κ1) is 13.0. The maximum atomic E-state index is 11.3. The number of amides is 1. The Labute approximate surface area is 99.7 Å². The SMILES string of the molecule is CNC(=O)n1cnc(OC=NC(C)(C)C)c1N. The van der Waals surface area contributed by atoms with Crippen LogP contribution in [0.2, 0.25) is 0 Å². The Morgan fingerprint density at radius 1 is 1.65 bits per heavy atom. The van der Waals surface area contributed by atoms with Gasteiger partial charge in [-0.2, -0.15) is 4.98 Å². The first-order valence-corrected chi connectivity index (χ1v) is 5.10. The van der Waals surface area contributed by atoms with Crippen molar-refractivity contribution in [1.82, 2.24) is 14.9 Å². The average Bonchev–Trinajstić information content (AvgIpc) is 2.58. The number of imidazole rings is 1. The molecule has 0 aromatic carbocycles. The first-order valence-electron chi connectivity index (χ1n) is 5.10. The number of nitrogen functional groups attached to an aromatic ring is 1. The van der Waals surface area contributed by atoms with Crippen LogP contribution in [-0.2, 0) is 0 Å². The zero-order valence-corrected chi connectivity index (χ0v) is 10.4. The van der Waals surface area contributed by atoms with Crippen LogP contribution in [0.4, 0.5) is 10.6 Å². The summed E-state index contributed by atoms with van der Waals surface area (Å²) in [6, 6.07) is -0.377. The fourth-order valence-corrected chi connectivity index (χ4v) is 0.949. The lowest BCUT2D eigenvalue weighted by Gasteiger charge is -2.10. The maximum absolute atomic E-state index is 11.3. The van der Waals surface area contributed by atoms with Gasteiger partial charge in [0.2, 0.25) is 0 Å². The van der Waals surface area contributed by atoms with Crippen molar-refractivity contribution in [2.75, 3.05) is 12.8 Å². The van der Waals surface area contributed by atoms with Crippen molar-refractivity contribution in [2.24, 2.45) is 4.99 Å². The predicted octanol–water partition coefficient (Wildman–Crippen LogP) is 0.858. The van der Waals surface area contributed by atoms with Gasteiger partial charge in [0.15, 0.2) is 12.2 Å². The summed E-state index contributed by atoms with van der Waals surface area (Å²) in [4.78, 5) is 19.3. The van der Waals surface area contributed by atoms with Gasteiger partial charge in [-0.15, -0.1) is 0 Å². The molecule has 0 fully saturated rings. The van der Waals surface area contributed by atoms with Gasteiger partial charge >= 0.3 is 6.03 Å². The van der Waals surface area contributed by atoms with Crippen molar-refractivity contribution in [3.63, 3.8) is 0 Å². The normalized spacial score (nSPS) is 11.8. The van der Waals surface area contributed by atoms with Crippen LogP contribution < -0.4 is 15.8 Å². The molecule has 0 spiro atoms. The number of aliphatic imine (C=N–C) groups is 1. The molecule has 1 heterocycles. The minimum atomic E-state index is -0.377. The number of nitrogens with two attached hydrogens (primary N) is 1. The Hall–Kier alpha value is -2.05. The number of nitrogens with one attached hydrogen (secondary N) is 1. The van der Waals surface area contributed by atoms with Gasteiger partial charge in [-0.3, -0.25) is 4.99 Å². The number of ether oxygens (including phenoxy) is 1. The molecule has 1 aromatic rings. The van der Waals surface area contributed by atoms with E-state index in [1.165, 1.54) is 19.8 Å². The lowest BCUT2D eigenvalue weighted by atomic mass is 10.1. The Balaban J connectivity index is 2.78. The Morgan fingerprint density at radius 2 is 2.29 bits per heavy atom. The minimum absolute atomic E-state index is 0.129. The highest BCUT2D eigenvalue weighted by atomic mass is 16.5. The molecular weight excluding hydrogens is 222 g/mol. The number of hydrogen-bond acceptors (Lipinski definition) is 5. The summed E-state index contributed by atoms with van der Waals surface area (Å²) in [6.07, 6.45) is 2.56. The maximum Gasteiger partial charge on any atom is 0.328 e. The van der Waals surface area contributed by atoms with Crippen molar-refractivity contribution >= 4 is 18.2 Å². The highest BCUT2D eigenvalue weighted by Gasteiger charge is 2.13. The van der Waals surface area contributed by atoms with Gasteiger partial charge in [-0.1, -0.05) is 0 Å². The third kappa shape index (κ3) is 3.47. The Kier molecular flexibility index (Phi) is 3.72. The van der Waals surface area contributed by atoms with Gasteiger partial charge < -0.3 is 15.8 Å². The quantitative estimate of drug-likeness (QED) is 0.591. The van der Waals surface area contributed by atoms with Crippen molar-refractivity contribution in [2.45, 2.75) is 26.3 Å². The molecule has 1 aromatic heterocycles. The number of anilines is 1. The third-order valence-electron chi connectivity index (χ3n) is 1.81. The smallest absolute Gasteiger partial charge is 0.328 e. The monoisotopic (exact) mass is 239 g/mol. The van der Waals surface area contributed by atoms with Crippen LogP contribution >= 0.6 is 0 Å². The first-order chi connectivity index (χ1) is 7.85. The van der Waals surface area contributed by atoms with Crippen molar-refractivity contribution in [1.29, 1.82) is 0 Å². The third-order valence-corrected chi connectivity index (χ3v) is 1.81. The van der Waals surface area contributed by atoms with Crippen LogP contribution in [0.5, 0.6) is 5.88 Å². The van der Waals surface area contributed by atoms with Crippen LogP contribution in [0.15, 0.2) is 11.3 Å². The van der Waals surface area contributed by atoms with E-state index < -0.39 is 0 Å². The van der Waals surface area contributed by atoms with Crippen molar-refractivity contribution in [3.8, 4) is 5.88 Å².